The summed E-state index contributed by atoms with van der Waals surface area (Å²) in [5.74, 6) is -0.156. The summed E-state index contributed by atoms with van der Waals surface area (Å²) in [6.07, 6.45) is -0.400. The number of rotatable bonds is 5. The van der Waals surface area contributed by atoms with E-state index in [1.807, 2.05) is 97.9 Å². The molecular weight excluding hydrogens is 388 g/mol. The third kappa shape index (κ3) is 11.1. The Morgan fingerprint density at radius 3 is 1.26 bits per heavy atom. The first-order valence-electron chi connectivity index (χ1n) is 10.6. The van der Waals surface area contributed by atoms with Gasteiger partial charge < -0.3 is 14.9 Å². The minimum absolute atomic E-state index is 0.145. The maximum Gasteiger partial charge on any atom is 0.306 e. The molecule has 0 aliphatic carbocycles. The number of carbonyl (C=O) groups is 1. The van der Waals surface area contributed by atoms with Crippen LogP contribution in [0, 0.1) is 0 Å². The molecule has 0 heterocycles. The molecule has 3 aromatic carbocycles. The highest BCUT2D eigenvalue weighted by Gasteiger charge is 2.08. The summed E-state index contributed by atoms with van der Waals surface area (Å²) < 4.78 is 5.15. The number of carbonyl (C=O) groups excluding carboxylic acids is 1. The third-order valence-electron chi connectivity index (χ3n) is 4.43. The monoisotopic (exact) mass is 422 g/mol. The maximum absolute atomic E-state index is 11.0. The van der Waals surface area contributed by atoms with Crippen molar-refractivity contribution in [2.75, 3.05) is 0 Å². The molecule has 3 aromatic rings. The number of hydrogen-bond donors (Lipinski definition) is 2. The van der Waals surface area contributed by atoms with Gasteiger partial charge in [-0.2, -0.15) is 0 Å². The van der Waals surface area contributed by atoms with Crippen molar-refractivity contribution in [3.05, 3.63) is 108 Å². The summed E-state index contributed by atoms with van der Waals surface area (Å²) in [4.78, 5) is 11.0. The van der Waals surface area contributed by atoms with Crippen LogP contribution in [0.2, 0.25) is 0 Å². The molecule has 3 atom stereocenters. The van der Waals surface area contributed by atoms with Crippen LogP contribution in [0.3, 0.4) is 0 Å². The van der Waals surface area contributed by atoms with Crippen LogP contribution in [0.5, 0.6) is 0 Å². The summed E-state index contributed by atoms with van der Waals surface area (Å²) in [7, 11) is 0. The molecule has 4 heteroatoms. The molecule has 0 aliphatic rings. The Morgan fingerprint density at radius 1 is 0.677 bits per heavy atom. The first-order chi connectivity index (χ1) is 14.8. The molecule has 0 radical (unpaired) electrons. The second-order valence-corrected chi connectivity index (χ2v) is 7.07. The van der Waals surface area contributed by atoms with E-state index in [1.54, 1.807) is 20.8 Å². The summed E-state index contributed by atoms with van der Waals surface area (Å²) >= 11 is 0. The molecule has 4 nitrogen and oxygen atoms in total. The van der Waals surface area contributed by atoms with Crippen molar-refractivity contribution >= 4 is 5.97 Å². The van der Waals surface area contributed by atoms with E-state index in [0.29, 0.717) is 6.42 Å². The van der Waals surface area contributed by atoms with Crippen molar-refractivity contribution < 1.29 is 19.7 Å². The van der Waals surface area contributed by atoms with E-state index in [0.717, 1.165) is 16.7 Å². The van der Waals surface area contributed by atoms with Gasteiger partial charge in [-0.05, 0) is 37.5 Å². The van der Waals surface area contributed by atoms with Crippen molar-refractivity contribution in [3.63, 3.8) is 0 Å². The van der Waals surface area contributed by atoms with E-state index in [4.69, 9.17) is 14.9 Å². The van der Waals surface area contributed by atoms with E-state index in [9.17, 15) is 4.79 Å². The molecule has 0 aliphatic heterocycles. The molecule has 0 bridgehead atoms. The molecule has 0 saturated heterocycles. The quantitative estimate of drug-likeness (QED) is 0.482. The Morgan fingerprint density at radius 2 is 1.00 bits per heavy atom. The summed E-state index contributed by atoms with van der Waals surface area (Å²) in [6, 6.07) is 28.9. The SMILES string of the molecule is CC(O)c1ccccc1.CCC(=O)O[C@H](C)c1ccccc1.C[C@H](O)c1ccccc1. The van der Waals surface area contributed by atoms with Gasteiger partial charge in [0.2, 0.25) is 0 Å². The molecule has 0 saturated carbocycles. The highest BCUT2D eigenvalue weighted by molar-refractivity contribution is 5.69. The van der Waals surface area contributed by atoms with Gasteiger partial charge in [0.15, 0.2) is 0 Å². The smallest absolute Gasteiger partial charge is 0.306 e. The average molecular weight is 423 g/mol. The second-order valence-electron chi connectivity index (χ2n) is 7.07. The molecule has 31 heavy (non-hydrogen) atoms. The Kier molecular flexibility index (Phi) is 12.6. The summed E-state index contributed by atoms with van der Waals surface area (Å²) in [5, 5.41) is 18.0. The van der Waals surface area contributed by atoms with Crippen LogP contribution in [-0.4, -0.2) is 16.2 Å². The third-order valence-corrected chi connectivity index (χ3v) is 4.43. The van der Waals surface area contributed by atoms with Crippen LogP contribution in [0.4, 0.5) is 0 Å². The van der Waals surface area contributed by atoms with Crippen LogP contribution >= 0.6 is 0 Å². The first kappa shape index (κ1) is 26.1. The van der Waals surface area contributed by atoms with Crippen molar-refractivity contribution in [2.45, 2.75) is 52.4 Å². The van der Waals surface area contributed by atoms with Crippen molar-refractivity contribution in [3.8, 4) is 0 Å². The summed E-state index contributed by atoms with van der Waals surface area (Å²) in [5.41, 5.74) is 2.97. The molecule has 0 fully saturated rings. The van der Waals surface area contributed by atoms with Gasteiger partial charge >= 0.3 is 5.97 Å². The normalized spacial score (nSPS) is 12.7. The maximum atomic E-state index is 11.0. The lowest BCUT2D eigenvalue weighted by molar-refractivity contribution is -0.148. The van der Waals surface area contributed by atoms with Crippen molar-refractivity contribution in [1.82, 2.24) is 0 Å². The molecule has 3 rings (SSSR count). The topological polar surface area (TPSA) is 66.8 Å². The van der Waals surface area contributed by atoms with E-state index in [-0.39, 0.29) is 24.3 Å². The van der Waals surface area contributed by atoms with Crippen LogP contribution in [0.15, 0.2) is 91.0 Å². The van der Waals surface area contributed by atoms with Crippen LogP contribution < -0.4 is 0 Å². The van der Waals surface area contributed by atoms with E-state index >= 15 is 0 Å². The van der Waals surface area contributed by atoms with Gasteiger partial charge in [0, 0.05) is 6.42 Å². The lowest BCUT2D eigenvalue weighted by Crippen LogP contribution is -2.06. The molecule has 0 spiro atoms. The summed E-state index contributed by atoms with van der Waals surface area (Å²) in [6.45, 7) is 7.19. The van der Waals surface area contributed by atoms with E-state index in [2.05, 4.69) is 0 Å². The molecule has 0 aromatic heterocycles. The first-order valence-corrected chi connectivity index (χ1v) is 10.6. The highest BCUT2D eigenvalue weighted by atomic mass is 16.5. The minimum Gasteiger partial charge on any atom is -0.458 e. The number of aliphatic hydroxyl groups is 2. The fraction of sp³-hybridized carbons (Fsp3) is 0.296. The standard InChI is InChI=1S/C11H14O2.2C8H10O/c1-3-11(12)13-9(2)10-7-5-4-6-8-10;2*1-7(9)8-5-3-2-4-6-8/h4-9H,3H2,1-2H3;2*2-7,9H,1H3/t9-;7-;/m10./s1. The van der Waals surface area contributed by atoms with Gasteiger partial charge in [-0.15, -0.1) is 0 Å². The van der Waals surface area contributed by atoms with Crippen molar-refractivity contribution in [1.29, 1.82) is 0 Å². The molecule has 0 amide bonds. The Hall–Kier alpha value is -2.95. The van der Waals surface area contributed by atoms with Gasteiger partial charge in [-0.1, -0.05) is 97.9 Å². The second kappa shape index (κ2) is 14.9. The Balaban J connectivity index is 0.000000239. The Bertz CT molecular complexity index is 787. The number of esters is 1. The Labute approximate surface area is 186 Å². The highest BCUT2D eigenvalue weighted by Crippen LogP contribution is 2.16. The average Bonchev–Trinajstić information content (AvgIpc) is 2.81. The predicted molar refractivity (Wildman–Crippen MR) is 125 cm³/mol. The predicted octanol–water partition coefficient (Wildman–Crippen LogP) is 6.18. The minimum atomic E-state index is -0.341. The van der Waals surface area contributed by atoms with Gasteiger partial charge in [0.05, 0.1) is 12.2 Å². The van der Waals surface area contributed by atoms with E-state index < -0.39 is 0 Å². The number of hydrogen-bond acceptors (Lipinski definition) is 4. The van der Waals surface area contributed by atoms with Gasteiger partial charge in [-0.25, -0.2) is 0 Å². The van der Waals surface area contributed by atoms with Crippen molar-refractivity contribution in [2.24, 2.45) is 0 Å². The van der Waals surface area contributed by atoms with Gasteiger partial charge in [-0.3, -0.25) is 4.79 Å². The van der Waals surface area contributed by atoms with Crippen LogP contribution in [0.25, 0.3) is 0 Å². The largest absolute Gasteiger partial charge is 0.458 e. The lowest BCUT2D eigenvalue weighted by atomic mass is 10.1. The molecular formula is C27H34O4. The fourth-order valence-corrected chi connectivity index (χ4v) is 2.54. The number of aliphatic hydroxyl groups excluding tert-OH is 2. The lowest BCUT2D eigenvalue weighted by Gasteiger charge is -2.12. The molecule has 166 valence electrons. The van der Waals surface area contributed by atoms with Crippen LogP contribution in [-0.2, 0) is 9.53 Å². The zero-order valence-corrected chi connectivity index (χ0v) is 18.8. The zero-order valence-electron chi connectivity index (χ0n) is 18.8. The molecule has 2 N–H and O–H groups in total. The zero-order chi connectivity index (χ0) is 23.1. The van der Waals surface area contributed by atoms with E-state index in [1.165, 1.54) is 0 Å². The van der Waals surface area contributed by atoms with Gasteiger partial charge in [0.25, 0.3) is 0 Å². The van der Waals surface area contributed by atoms with Gasteiger partial charge in [0.1, 0.15) is 6.10 Å². The fourth-order valence-electron chi connectivity index (χ4n) is 2.54. The molecule has 1 unspecified atom stereocenters. The number of ether oxygens (including phenoxy) is 1. The van der Waals surface area contributed by atoms with Crippen LogP contribution in [0.1, 0.15) is 69.1 Å². The number of benzene rings is 3.